The predicted molar refractivity (Wildman–Crippen MR) is 81.3 cm³/mol. The van der Waals surface area contributed by atoms with Gasteiger partial charge in [0.2, 0.25) is 0 Å². The smallest absolute Gasteiger partial charge is 0.103 e. The molecule has 2 N–H and O–H groups in total. The molecule has 0 fully saturated rings. The first-order chi connectivity index (χ1) is 9.16. The predicted octanol–water partition coefficient (Wildman–Crippen LogP) is 3.73. The van der Waals surface area contributed by atoms with E-state index in [1.54, 1.807) is 0 Å². The van der Waals surface area contributed by atoms with Gasteiger partial charge in [-0.25, -0.2) is 0 Å². The summed E-state index contributed by atoms with van der Waals surface area (Å²) in [5, 5.41) is 3.14. The van der Waals surface area contributed by atoms with E-state index in [-0.39, 0.29) is 0 Å². The number of quaternary nitrogens is 1. The Kier molecular flexibility index (Phi) is 5.00. The molecule has 1 nitrogen and oxygen atoms in total. The van der Waals surface area contributed by atoms with Crippen LogP contribution in [0.2, 0.25) is 5.02 Å². The summed E-state index contributed by atoms with van der Waals surface area (Å²) >= 11 is 6.14. The van der Waals surface area contributed by atoms with Crippen LogP contribution in [0.4, 0.5) is 0 Å². The standard InChI is InChI=1S/C17H20ClN/c1-13(2)15-9-7-14(8-10-15)11-19-12-16-5-3-4-6-17(16)18/h3-10,13,19H,11-12H2,1-2H3/p+1. The van der Waals surface area contributed by atoms with Crippen LogP contribution in [0.5, 0.6) is 0 Å². The molecule has 2 aromatic rings. The maximum Gasteiger partial charge on any atom is 0.103 e. The molecule has 0 saturated carbocycles. The summed E-state index contributed by atoms with van der Waals surface area (Å²) in [5.41, 5.74) is 3.95. The minimum absolute atomic E-state index is 0.598. The maximum atomic E-state index is 6.14. The Bertz CT molecular complexity index is 517. The lowest BCUT2D eigenvalue weighted by molar-refractivity contribution is -0.686. The summed E-state index contributed by atoms with van der Waals surface area (Å²) in [6.07, 6.45) is 0. The molecule has 0 aromatic heterocycles. The lowest BCUT2D eigenvalue weighted by Gasteiger charge is -2.07. The van der Waals surface area contributed by atoms with Crippen molar-refractivity contribution in [3.8, 4) is 0 Å². The zero-order valence-corrected chi connectivity index (χ0v) is 12.3. The molecule has 0 aliphatic rings. The summed E-state index contributed by atoms with van der Waals surface area (Å²) in [7, 11) is 0. The summed E-state index contributed by atoms with van der Waals surface area (Å²) < 4.78 is 0. The van der Waals surface area contributed by atoms with E-state index in [0.717, 1.165) is 18.1 Å². The topological polar surface area (TPSA) is 16.6 Å². The second kappa shape index (κ2) is 6.74. The van der Waals surface area contributed by atoms with Gasteiger partial charge >= 0.3 is 0 Å². The summed E-state index contributed by atoms with van der Waals surface area (Å²) in [6.45, 7) is 6.35. The van der Waals surface area contributed by atoms with Crippen molar-refractivity contribution in [3.63, 3.8) is 0 Å². The van der Waals surface area contributed by atoms with Crippen LogP contribution in [0.25, 0.3) is 0 Å². The minimum atomic E-state index is 0.598. The maximum absolute atomic E-state index is 6.14. The number of nitrogens with two attached hydrogens (primary N) is 1. The fraction of sp³-hybridized carbons (Fsp3) is 0.294. The summed E-state index contributed by atoms with van der Waals surface area (Å²) in [6, 6.07) is 16.9. The van der Waals surface area contributed by atoms with Crippen molar-refractivity contribution >= 4 is 11.6 Å². The van der Waals surface area contributed by atoms with E-state index in [1.165, 1.54) is 16.7 Å². The number of rotatable bonds is 5. The molecule has 0 aliphatic carbocycles. The van der Waals surface area contributed by atoms with Gasteiger partial charge in [-0.3, -0.25) is 0 Å². The highest BCUT2D eigenvalue weighted by molar-refractivity contribution is 6.31. The summed E-state index contributed by atoms with van der Waals surface area (Å²) in [5.74, 6) is 0.598. The van der Waals surface area contributed by atoms with Crippen LogP contribution in [0.3, 0.4) is 0 Å². The Hall–Kier alpha value is -1.31. The molecule has 100 valence electrons. The first kappa shape index (κ1) is 14.1. The number of hydrogen-bond acceptors (Lipinski definition) is 0. The van der Waals surface area contributed by atoms with Gasteiger partial charge in [-0.05, 0) is 17.5 Å². The minimum Gasteiger partial charge on any atom is -0.339 e. The molecule has 2 rings (SSSR count). The van der Waals surface area contributed by atoms with Crippen LogP contribution < -0.4 is 5.32 Å². The zero-order valence-electron chi connectivity index (χ0n) is 11.6. The van der Waals surface area contributed by atoms with Gasteiger partial charge in [-0.15, -0.1) is 0 Å². The molecule has 19 heavy (non-hydrogen) atoms. The average Bonchev–Trinajstić information content (AvgIpc) is 2.41. The van der Waals surface area contributed by atoms with Gasteiger partial charge in [0.1, 0.15) is 13.1 Å². The third-order valence-electron chi connectivity index (χ3n) is 3.35. The van der Waals surface area contributed by atoms with Gasteiger partial charge < -0.3 is 5.32 Å². The quantitative estimate of drug-likeness (QED) is 0.856. The van der Waals surface area contributed by atoms with Crippen molar-refractivity contribution in [2.75, 3.05) is 0 Å². The second-order valence-corrected chi connectivity index (χ2v) is 5.59. The molecule has 0 atom stereocenters. The Morgan fingerprint density at radius 2 is 1.63 bits per heavy atom. The molecule has 2 heteroatoms. The van der Waals surface area contributed by atoms with E-state index in [2.05, 4.69) is 49.5 Å². The first-order valence-electron chi connectivity index (χ1n) is 6.80. The lowest BCUT2D eigenvalue weighted by Crippen LogP contribution is -2.80. The van der Waals surface area contributed by atoms with Gasteiger partial charge in [-0.2, -0.15) is 0 Å². The number of benzene rings is 2. The first-order valence-corrected chi connectivity index (χ1v) is 7.18. The lowest BCUT2D eigenvalue weighted by atomic mass is 10.0. The van der Waals surface area contributed by atoms with Gasteiger partial charge in [0.05, 0.1) is 0 Å². The third kappa shape index (κ3) is 4.09. The van der Waals surface area contributed by atoms with Crippen LogP contribution in [-0.2, 0) is 13.1 Å². The zero-order chi connectivity index (χ0) is 13.7. The van der Waals surface area contributed by atoms with Gasteiger partial charge in [0.25, 0.3) is 0 Å². The van der Waals surface area contributed by atoms with Crippen molar-refractivity contribution in [2.45, 2.75) is 32.9 Å². The molecule has 0 saturated heterocycles. The van der Waals surface area contributed by atoms with Crippen molar-refractivity contribution in [1.82, 2.24) is 0 Å². The average molecular weight is 275 g/mol. The van der Waals surface area contributed by atoms with Crippen LogP contribution in [0, 0.1) is 0 Å². The summed E-state index contributed by atoms with van der Waals surface area (Å²) in [4.78, 5) is 0. The van der Waals surface area contributed by atoms with Gasteiger partial charge in [-0.1, -0.05) is 67.9 Å². The highest BCUT2D eigenvalue weighted by Crippen LogP contribution is 2.15. The van der Waals surface area contributed by atoms with E-state index < -0.39 is 0 Å². The molecule has 0 heterocycles. The third-order valence-corrected chi connectivity index (χ3v) is 3.72. The van der Waals surface area contributed by atoms with Crippen molar-refractivity contribution in [3.05, 3.63) is 70.2 Å². The molecular weight excluding hydrogens is 254 g/mol. The van der Waals surface area contributed by atoms with Crippen LogP contribution in [-0.4, -0.2) is 0 Å². The number of halogens is 1. The Morgan fingerprint density at radius 1 is 0.947 bits per heavy atom. The highest BCUT2D eigenvalue weighted by atomic mass is 35.5. The normalized spacial score (nSPS) is 10.9. The van der Waals surface area contributed by atoms with E-state index in [9.17, 15) is 0 Å². The molecule has 0 spiro atoms. The Balaban J connectivity index is 1.87. The Labute approximate surface area is 120 Å². The number of hydrogen-bond donors (Lipinski definition) is 1. The van der Waals surface area contributed by atoms with Crippen LogP contribution in [0.15, 0.2) is 48.5 Å². The van der Waals surface area contributed by atoms with Crippen LogP contribution in [0.1, 0.15) is 36.5 Å². The fourth-order valence-electron chi connectivity index (χ4n) is 2.10. The largest absolute Gasteiger partial charge is 0.339 e. The molecule has 0 bridgehead atoms. The van der Waals surface area contributed by atoms with E-state index in [4.69, 9.17) is 11.6 Å². The van der Waals surface area contributed by atoms with Gasteiger partial charge in [0.15, 0.2) is 0 Å². The fourth-order valence-corrected chi connectivity index (χ4v) is 2.31. The van der Waals surface area contributed by atoms with Gasteiger partial charge in [0, 0.05) is 16.1 Å². The molecule has 0 aliphatic heterocycles. The Morgan fingerprint density at radius 3 is 2.26 bits per heavy atom. The van der Waals surface area contributed by atoms with E-state index in [0.29, 0.717) is 5.92 Å². The SMILES string of the molecule is CC(C)c1ccc(C[NH2+]Cc2ccccc2Cl)cc1. The molecule has 0 unspecified atom stereocenters. The van der Waals surface area contributed by atoms with E-state index in [1.807, 2.05) is 18.2 Å². The highest BCUT2D eigenvalue weighted by Gasteiger charge is 2.02. The molecule has 0 radical (unpaired) electrons. The van der Waals surface area contributed by atoms with Crippen LogP contribution >= 0.6 is 11.6 Å². The second-order valence-electron chi connectivity index (χ2n) is 5.18. The van der Waals surface area contributed by atoms with Crippen molar-refractivity contribution < 1.29 is 5.32 Å². The van der Waals surface area contributed by atoms with Crippen molar-refractivity contribution in [2.24, 2.45) is 0 Å². The molecular formula is C17H21ClN+. The monoisotopic (exact) mass is 274 g/mol. The molecule has 2 aromatic carbocycles. The van der Waals surface area contributed by atoms with Crippen molar-refractivity contribution in [1.29, 1.82) is 0 Å². The van der Waals surface area contributed by atoms with E-state index >= 15 is 0 Å². The molecule has 0 amide bonds.